The number of aryl methyl sites for hydroxylation is 4. The molecule has 0 saturated carbocycles. The molecular weight excluding hydrogens is 488 g/mol. The van der Waals surface area contributed by atoms with Gasteiger partial charge in [-0.25, -0.2) is 0 Å². The first-order valence-corrected chi connectivity index (χ1v) is 13.1. The predicted octanol–water partition coefficient (Wildman–Crippen LogP) is 6.92. The first kappa shape index (κ1) is 26.4. The Morgan fingerprint density at radius 3 is 2.36 bits per heavy atom. The summed E-state index contributed by atoms with van der Waals surface area (Å²) >= 11 is 0. The largest absolute Gasteiger partial charge is 0.458 e. The number of aliphatic hydroxyl groups is 1. The number of amides is 1. The van der Waals surface area contributed by atoms with Gasteiger partial charge in [0.05, 0.1) is 22.7 Å². The first-order valence-electron chi connectivity index (χ1n) is 13.1. The van der Waals surface area contributed by atoms with Crippen molar-refractivity contribution in [1.82, 2.24) is 10.5 Å². The molecule has 0 bridgehead atoms. The maximum atomic E-state index is 13.9. The normalized spacial score (nSPS) is 13.4. The summed E-state index contributed by atoms with van der Waals surface area (Å²) < 4.78 is 11.2. The van der Waals surface area contributed by atoms with Crippen LogP contribution in [0.4, 0.5) is 0 Å². The number of carbonyl (C=O) groups excluding carboxylic acids is 1. The highest BCUT2D eigenvalue weighted by molar-refractivity contribution is 5.90. The van der Waals surface area contributed by atoms with Crippen LogP contribution in [0.3, 0.4) is 0 Å². The van der Waals surface area contributed by atoms with Crippen LogP contribution in [0.1, 0.15) is 76.6 Å². The zero-order valence-electron chi connectivity index (χ0n) is 23.2. The van der Waals surface area contributed by atoms with Gasteiger partial charge in [0.25, 0.3) is 0 Å². The molecule has 39 heavy (non-hydrogen) atoms. The molecule has 0 radical (unpaired) electrons. The highest BCUT2D eigenvalue weighted by Crippen LogP contribution is 2.35. The fourth-order valence-corrected chi connectivity index (χ4v) is 5.19. The molecule has 6 heteroatoms. The zero-order chi connectivity index (χ0) is 27.9. The average Bonchev–Trinajstić information content (AvgIpc) is 3.49. The van der Waals surface area contributed by atoms with Crippen LogP contribution in [-0.2, 0) is 10.2 Å². The topological polar surface area (TPSA) is 88.5 Å². The van der Waals surface area contributed by atoms with E-state index in [1.165, 1.54) is 5.56 Å². The van der Waals surface area contributed by atoms with Crippen LogP contribution in [-0.4, -0.2) is 16.2 Å². The van der Waals surface area contributed by atoms with Crippen LogP contribution >= 0.6 is 0 Å². The van der Waals surface area contributed by atoms with Gasteiger partial charge in [-0.15, -0.1) is 0 Å². The molecule has 0 aliphatic heterocycles. The molecule has 2 unspecified atom stereocenters. The van der Waals surface area contributed by atoms with Crippen LogP contribution in [0.5, 0.6) is 0 Å². The van der Waals surface area contributed by atoms with Gasteiger partial charge in [0.2, 0.25) is 5.91 Å². The number of carbonyl (C=O) groups is 1. The van der Waals surface area contributed by atoms with Crippen molar-refractivity contribution in [3.8, 4) is 0 Å². The van der Waals surface area contributed by atoms with E-state index in [0.29, 0.717) is 28.4 Å². The molecule has 0 spiro atoms. The lowest BCUT2D eigenvalue weighted by Crippen LogP contribution is -2.42. The van der Waals surface area contributed by atoms with E-state index in [4.69, 9.17) is 8.94 Å². The fraction of sp³-hybridized carbons (Fsp3) is 0.273. The molecule has 0 saturated heterocycles. The van der Waals surface area contributed by atoms with Gasteiger partial charge >= 0.3 is 0 Å². The second-order valence-electron chi connectivity index (χ2n) is 10.8. The van der Waals surface area contributed by atoms with Gasteiger partial charge in [-0.1, -0.05) is 65.3 Å². The predicted molar refractivity (Wildman–Crippen MR) is 152 cm³/mol. The SMILES string of the molecule is Cc1ccc(C(NC(=O)C(C)(C)c2ccc3oc(C(O)c4c(C)noc4C)cc3c2)c2ccccc2)c(C)c1. The van der Waals surface area contributed by atoms with Crippen LogP contribution in [0, 0.1) is 27.7 Å². The van der Waals surface area contributed by atoms with E-state index in [9.17, 15) is 9.90 Å². The molecule has 5 rings (SSSR count). The lowest BCUT2D eigenvalue weighted by molar-refractivity contribution is -0.126. The van der Waals surface area contributed by atoms with Gasteiger partial charge in [-0.3, -0.25) is 4.79 Å². The number of nitrogens with one attached hydrogen (secondary N) is 1. The third kappa shape index (κ3) is 5.00. The van der Waals surface area contributed by atoms with Crippen molar-refractivity contribution < 1.29 is 18.8 Å². The number of nitrogens with zero attached hydrogens (tertiary/aromatic N) is 1. The number of fused-ring (bicyclic) bond motifs is 1. The molecule has 2 heterocycles. The minimum atomic E-state index is -0.993. The van der Waals surface area contributed by atoms with Gasteiger partial charge in [0.1, 0.15) is 23.2 Å². The lowest BCUT2D eigenvalue weighted by Gasteiger charge is -2.29. The van der Waals surface area contributed by atoms with E-state index < -0.39 is 11.5 Å². The summed E-state index contributed by atoms with van der Waals surface area (Å²) in [5, 5.41) is 19.0. The number of aliphatic hydroxyl groups excluding tert-OH is 1. The molecule has 2 aromatic heterocycles. The van der Waals surface area contributed by atoms with Crippen molar-refractivity contribution in [3.63, 3.8) is 0 Å². The maximum absolute atomic E-state index is 13.9. The molecule has 0 aliphatic rings. The lowest BCUT2D eigenvalue weighted by atomic mass is 9.82. The van der Waals surface area contributed by atoms with Crippen molar-refractivity contribution in [1.29, 1.82) is 0 Å². The zero-order valence-corrected chi connectivity index (χ0v) is 23.2. The van der Waals surface area contributed by atoms with Gasteiger partial charge in [0, 0.05) is 5.39 Å². The van der Waals surface area contributed by atoms with Crippen LogP contribution in [0.25, 0.3) is 11.0 Å². The van der Waals surface area contributed by atoms with E-state index in [2.05, 4.69) is 42.5 Å². The van der Waals surface area contributed by atoms with Crippen molar-refractivity contribution in [2.75, 3.05) is 0 Å². The summed E-state index contributed by atoms with van der Waals surface area (Å²) in [6.45, 7) is 11.6. The Labute approximate surface area is 228 Å². The summed E-state index contributed by atoms with van der Waals surface area (Å²) in [6, 6.07) is 23.6. The molecule has 0 aliphatic carbocycles. The third-order valence-corrected chi connectivity index (χ3v) is 7.60. The summed E-state index contributed by atoms with van der Waals surface area (Å²) in [5.74, 6) is 0.865. The van der Waals surface area contributed by atoms with Gasteiger partial charge in [-0.05, 0) is 82.0 Å². The molecule has 3 aromatic carbocycles. The number of rotatable bonds is 7. The monoisotopic (exact) mass is 522 g/mol. The van der Waals surface area contributed by atoms with Crippen LogP contribution < -0.4 is 5.32 Å². The third-order valence-electron chi connectivity index (χ3n) is 7.60. The highest BCUT2D eigenvalue weighted by atomic mass is 16.5. The number of benzene rings is 3. The highest BCUT2D eigenvalue weighted by Gasteiger charge is 2.33. The van der Waals surface area contributed by atoms with E-state index in [0.717, 1.165) is 27.6 Å². The number of hydrogen-bond acceptors (Lipinski definition) is 5. The number of hydrogen-bond donors (Lipinski definition) is 2. The summed E-state index contributed by atoms with van der Waals surface area (Å²) in [5.41, 5.74) is 6.27. The van der Waals surface area contributed by atoms with Crippen molar-refractivity contribution in [3.05, 3.63) is 123 Å². The van der Waals surface area contributed by atoms with Gasteiger partial charge < -0.3 is 19.4 Å². The second-order valence-corrected chi connectivity index (χ2v) is 10.8. The Bertz CT molecular complexity index is 1630. The maximum Gasteiger partial charge on any atom is 0.230 e. The Kier molecular flexibility index (Phi) is 6.91. The first-order chi connectivity index (χ1) is 18.6. The summed E-state index contributed by atoms with van der Waals surface area (Å²) in [7, 11) is 0. The van der Waals surface area contributed by atoms with E-state index in [1.807, 2.05) is 68.4 Å². The quantitative estimate of drug-likeness (QED) is 0.242. The van der Waals surface area contributed by atoms with E-state index >= 15 is 0 Å². The minimum absolute atomic E-state index is 0.0878. The molecular formula is C33H34N2O4. The number of furan rings is 1. The standard InChI is InChI=1S/C33H34N2O4/c1-19-12-14-26(20(2)16-19)30(23-10-8-7-9-11-23)34-32(37)33(5,6)25-13-15-27-24(17-25)18-28(38-27)31(36)29-21(3)35-39-22(29)4/h7-18,30-31,36H,1-6H3,(H,34,37). The van der Waals surface area contributed by atoms with Crippen molar-refractivity contribution in [2.45, 2.75) is 59.1 Å². The van der Waals surface area contributed by atoms with Crippen molar-refractivity contribution >= 4 is 16.9 Å². The molecule has 2 atom stereocenters. The van der Waals surface area contributed by atoms with Gasteiger partial charge in [0.15, 0.2) is 0 Å². The molecule has 6 nitrogen and oxygen atoms in total. The molecule has 2 N–H and O–H groups in total. The molecule has 5 aromatic rings. The van der Waals surface area contributed by atoms with E-state index in [-0.39, 0.29) is 11.9 Å². The molecule has 1 amide bonds. The smallest absolute Gasteiger partial charge is 0.230 e. The Balaban J connectivity index is 1.46. The Morgan fingerprint density at radius 2 is 1.69 bits per heavy atom. The fourth-order valence-electron chi connectivity index (χ4n) is 5.19. The number of aromatic nitrogens is 1. The minimum Gasteiger partial charge on any atom is -0.458 e. The molecule has 0 fully saturated rings. The molecule has 200 valence electrons. The van der Waals surface area contributed by atoms with E-state index in [1.54, 1.807) is 13.8 Å². The summed E-state index contributed by atoms with van der Waals surface area (Å²) in [6.07, 6.45) is -0.993. The average molecular weight is 523 g/mol. The van der Waals surface area contributed by atoms with Crippen LogP contribution in [0.15, 0.2) is 81.7 Å². The van der Waals surface area contributed by atoms with Gasteiger partial charge in [-0.2, -0.15) is 0 Å². The Hall–Kier alpha value is -4.16. The summed E-state index contributed by atoms with van der Waals surface area (Å²) in [4.78, 5) is 13.9. The Morgan fingerprint density at radius 1 is 0.949 bits per heavy atom. The second kappa shape index (κ2) is 10.2. The van der Waals surface area contributed by atoms with Crippen molar-refractivity contribution in [2.24, 2.45) is 0 Å². The van der Waals surface area contributed by atoms with Crippen LogP contribution in [0.2, 0.25) is 0 Å².